The van der Waals surface area contributed by atoms with Gasteiger partial charge in [-0.2, -0.15) is 0 Å². The Morgan fingerprint density at radius 3 is 2.26 bits per heavy atom. The van der Waals surface area contributed by atoms with Crippen LogP contribution in [-0.2, 0) is 9.59 Å². The van der Waals surface area contributed by atoms with Crippen LogP contribution in [0.3, 0.4) is 0 Å². The number of aromatic nitrogens is 1. The topological polar surface area (TPSA) is 114 Å². The largest absolute Gasteiger partial charge is 0.478 e. The van der Waals surface area contributed by atoms with Crippen molar-refractivity contribution in [2.75, 3.05) is 5.73 Å². The van der Waals surface area contributed by atoms with E-state index in [0.717, 1.165) is 16.5 Å². The molecule has 0 amide bonds. The minimum absolute atomic E-state index is 0.558. The Morgan fingerprint density at radius 2 is 1.74 bits per heavy atom. The summed E-state index contributed by atoms with van der Waals surface area (Å²) in [6.45, 7) is 0. The number of pyridine rings is 1. The normalized spacial score (nSPS) is 9.89. The van der Waals surface area contributed by atoms with Gasteiger partial charge in [-0.05, 0) is 12.1 Å². The predicted molar refractivity (Wildman–Crippen MR) is 70.6 cm³/mol. The molecule has 0 aliphatic rings. The first-order chi connectivity index (χ1) is 9.00. The molecule has 0 spiro atoms. The molecule has 0 saturated heterocycles. The fraction of sp³-hybridized carbons (Fsp3) is 0. The van der Waals surface area contributed by atoms with Gasteiger partial charge in [0.05, 0.1) is 0 Å². The molecule has 2 aromatic rings. The van der Waals surface area contributed by atoms with Gasteiger partial charge in [0, 0.05) is 41.0 Å². The van der Waals surface area contributed by atoms with Gasteiger partial charge in [-0.3, -0.25) is 4.98 Å². The fourth-order valence-electron chi connectivity index (χ4n) is 1.29. The first-order valence-corrected chi connectivity index (χ1v) is 5.23. The number of hydrogen-bond acceptors (Lipinski definition) is 4. The average Bonchev–Trinajstić information content (AvgIpc) is 2.38. The SMILES string of the molecule is Nc1cccc2cnccc12.O=C(O)C=CC(=O)O. The van der Waals surface area contributed by atoms with Crippen LogP contribution in [0, 0.1) is 0 Å². The molecule has 0 bridgehead atoms. The highest BCUT2D eigenvalue weighted by atomic mass is 16.4. The summed E-state index contributed by atoms with van der Waals surface area (Å²) in [5, 5.41) is 17.8. The first-order valence-electron chi connectivity index (χ1n) is 5.23. The summed E-state index contributed by atoms with van der Waals surface area (Å²) in [5.74, 6) is -2.51. The van der Waals surface area contributed by atoms with Gasteiger partial charge in [0.25, 0.3) is 0 Å². The Bertz CT molecular complexity index is 602. The van der Waals surface area contributed by atoms with E-state index < -0.39 is 11.9 Å². The van der Waals surface area contributed by atoms with Crippen LogP contribution in [0.25, 0.3) is 10.8 Å². The summed E-state index contributed by atoms with van der Waals surface area (Å²) in [5.41, 5.74) is 6.54. The molecule has 0 radical (unpaired) electrons. The van der Waals surface area contributed by atoms with Gasteiger partial charge < -0.3 is 15.9 Å². The van der Waals surface area contributed by atoms with Crippen LogP contribution in [0.5, 0.6) is 0 Å². The zero-order valence-corrected chi connectivity index (χ0v) is 9.85. The summed E-state index contributed by atoms with van der Waals surface area (Å²) in [7, 11) is 0. The molecule has 6 heteroatoms. The van der Waals surface area contributed by atoms with E-state index in [1.807, 2.05) is 30.5 Å². The standard InChI is InChI=1S/C9H8N2.C4H4O4/c10-9-3-1-2-7-6-11-5-4-8(7)9;5-3(6)1-2-4(7)8/h1-6H,10H2;1-2H,(H,5,6)(H,7,8). The lowest BCUT2D eigenvalue weighted by molar-refractivity contribution is -0.134. The summed E-state index contributed by atoms with van der Waals surface area (Å²) >= 11 is 0. The number of nitrogen functional groups attached to an aromatic ring is 1. The van der Waals surface area contributed by atoms with E-state index in [1.165, 1.54) is 0 Å². The minimum atomic E-state index is -1.26. The molecule has 0 atom stereocenters. The van der Waals surface area contributed by atoms with Crippen LogP contribution in [0.15, 0.2) is 48.8 Å². The predicted octanol–water partition coefficient (Wildman–Crippen LogP) is 1.53. The maximum absolute atomic E-state index is 9.55. The van der Waals surface area contributed by atoms with E-state index in [2.05, 4.69) is 4.98 Å². The molecule has 19 heavy (non-hydrogen) atoms. The van der Waals surface area contributed by atoms with Crippen molar-refractivity contribution in [2.24, 2.45) is 0 Å². The van der Waals surface area contributed by atoms with Crippen molar-refractivity contribution >= 4 is 28.4 Å². The van der Waals surface area contributed by atoms with Crippen molar-refractivity contribution in [3.63, 3.8) is 0 Å². The molecule has 1 aromatic heterocycles. The monoisotopic (exact) mass is 260 g/mol. The van der Waals surface area contributed by atoms with Gasteiger partial charge in [0.2, 0.25) is 0 Å². The van der Waals surface area contributed by atoms with Crippen LogP contribution in [0.2, 0.25) is 0 Å². The number of carboxylic acids is 2. The Morgan fingerprint density at radius 1 is 1.11 bits per heavy atom. The highest BCUT2D eigenvalue weighted by Crippen LogP contribution is 2.18. The molecule has 1 aromatic carbocycles. The van der Waals surface area contributed by atoms with Crippen LogP contribution in [-0.4, -0.2) is 27.1 Å². The lowest BCUT2D eigenvalue weighted by Gasteiger charge is -1.98. The lowest BCUT2D eigenvalue weighted by atomic mass is 10.1. The summed E-state index contributed by atoms with van der Waals surface area (Å²) in [6.07, 6.45) is 4.68. The van der Waals surface area contributed by atoms with Crippen LogP contribution in [0.4, 0.5) is 5.69 Å². The van der Waals surface area contributed by atoms with Crippen LogP contribution < -0.4 is 5.73 Å². The zero-order chi connectivity index (χ0) is 14.3. The van der Waals surface area contributed by atoms with Gasteiger partial charge in [0.15, 0.2) is 0 Å². The number of nitrogens with two attached hydrogens (primary N) is 1. The van der Waals surface area contributed by atoms with Crippen molar-refractivity contribution in [3.05, 3.63) is 48.8 Å². The maximum Gasteiger partial charge on any atom is 0.328 e. The Labute approximate surface area is 108 Å². The van der Waals surface area contributed by atoms with Gasteiger partial charge >= 0.3 is 11.9 Å². The number of aliphatic carboxylic acids is 2. The van der Waals surface area contributed by atoms with E-state index >= 15 is 0 Å². The first kappa shape index (κ1) is 14.2. The number of benzene rings is 1. The van der Waals surface area contributed by atoms with Crippen LogP contribution in [0.1, 0.15) is 0 Å². The summed E-state index contributed by atoms with van der Waals surface area (Å²) in [4.78, 5) is 23.1. The smallest absolute Gasteiger partial charge is 0.328 e. The number of rotatable bonds is 2. The second-order valence-corrected chi connectivity index (χ2v) is 3.45. The molecule has 1 heterocycles. The number of anilines is 1. The molecule has 0 saturated carbocycles. The van der Waals surface area contributed by atoms with Crippen molar-refractivity contribution in [1.29, 1.82) is 0 Å². The average molecular weight is 260 g/mol. The lowest BCUT2D eigenvalue weighted by Crippen LogP contribution is -1.91. The van der Waals surface area contributed by atoms with Crippen molar-refractivity contribution in [2.45, 2.75) is 0 Å². The summed E-state index contributed by atoms with van der Waals surface area (Å²) < 4.78 is 0. The molecule has 0 aliphatic heterocycles. The molecular formula is C13H12N2O4. The fourth-order valence-corrected chi connectivity index (χ4v) is 1.29. The highest BCUT2D eigenvalue weighted by Gasteiger charge is 1.93. The van der Waals surface area contributed by atoms with E-state index in [4.69, 9.17) is 15.9 Å². The number of carboxylic acid groups (broad SMARTS) is 2. The minimum Gasteiger partial charge on any atom is -0.478 e. The molecule has 6 nitrogen and oxygen atoms in total. The number of carbonyl (C=O) groups is 2. The van der Waals surface area contributed by atoms with E-state index in [0.29, 0.717) is 12.2 Å². The Balaban J connectivity index is 0.000000203. The molecule has 4 N–H and O–H groups in total. The number of nitrogens with zero attached hydrogens (tertiary/aromatic N) is 1. The second-order valence-electron chi connectivity index (χ2n) is 3.45. The van der Waals surface area contributed by atoms with Crippen molar-refractivity contribution in [1.82, 2.24) is 4.98 Å². The van der Waals surface area contributed by atoms with Gasteiger partial charge in [-0.25, -0.2) is 9.59 Å². The molecule has 98 valence electrons. The molecular weight excluding hydrogens is 248 g/mol. The van der Waals surface area contributed by atoms with Gasteiger partial charge in [-0.15, -0.1) is 0 Å². The third-order valence-corrected chi connectivity index (χ3v) is 2.08. The second kappa shape index (κ2) is 6.75. The van der Waals surface area contributed by atoms with Crippen molar-refractivity contribution in [3.8, 4) is 0 Å². The third-order valence-electron chi connectivity index (χ3n) is 2.08. The van der Waals surface area contributed by atoms with E-state index in [9.17, 15) is 9.59 Å². The quantitative estimate of drug-likeness (QED) is 0.557. The molecule has 0 fully saturated rings. The van der Waals surface area contributed by atoms with E-state index in [1.54, 1.807) is 6.20 Å². The summed E-state index contributed by atoms with van der Waals surface area (Å²) in [6, 6.07) is 7.74. The molecule has 0 unspecified atom stereocenters. The zero-order valence-electron chi connectivity index (χ0n) is 9.85. The highest BCUT2D eigenvalue weighted by molar-refractivity contribution is 5.92. The number of hydrogen-bond donors (Lipinski definition) is 3. The Hall–Kier alpha value is -2.89. The molecule has 2 rings (SSSR count). The van der Waals surface area contributed by atoms with Crippen LogP contribution >= 0.6 is 0 Å². The molecule has 0 aliphatic carbocycles. The Kier molecular flexibility index (Phi) is 5.04. The van der Waals surface area contributed by atoms with Gasteiger partial charge in [0.1, 0.15) is 0 Å². The van der Waals surface area contributed by atoms with Gasteiger partial charge in [-0.1, -0.05) is 12.1 Å². The maximum atomic E-state index is 9.55. The number of fused-ring (bicyclic) bond motifs is 1. The third kappa shape index (κ3) is 4.86. The van der Waals surface area contributed by atoms with Crippen molar-refractivity contribution < 1.29 is 19.8 Å². The van der Waals surface area contributed by atoms with E-state index in [-0.39, 0.29) is 0 Å².